The molecule has 2 unspecified atom stereocenters. The summed E-state index contributed by atoms with van der Waals surface area (Å²) in [5.74, 6) is 4.20. The molecule has 0 spiro atoms. The van der Waals surface area contributed by atoms with Crippen LogP contribution in [-0.2, 0) is 9.71 Å². The van der Waals surface area contributed by atoms with Crippen molar-refractivity contribution in [2.75, 3.05) is 6.54 Å². The van der Waals surface area contributed by atoms with Crippen LogP contribution in [-0.4, -0.2) is 27.0 Å². The fraction of sp³-hybridized carbons (Fsp3) is 0.550. The van der Waals surface area contributed by atoms with E-state index in [4.69, 9.17) is 0 Å². The van der Waals surface area contributed by atoms with Crippen LogP contribution in [0, 0.1) is 20.8 Å². The molecular formula is C20H31NOS. The quantitative estimate of drug-likeness (QED) is 0.559. The van der Waals surface area contributed by atoms with E-state index in [0.717, 1.165) is 42.7 Å². The minimum Gasteiger partial charge on any atom is -0.248 e. The van der Waals surface area contributed by atoms with Crippen LogP contribution in [0.15, 0.2) is 29.2 Å². The van der Waals surface area contributed by atoms with Crippen LogP contribution < -0.4 is 0 Å². The maximum atomic E-state index is 13.7. The molecule has 0 radical (unpaired) electrons. The van der Waals surface area contributed by atoms with Crippen LogP contribution in [0.3, 0.4) is 0 Å². The molecule has 23 heavy (non-hydrogen) atoms. The Morgan fingerprint density at radius 2 is 1.87 bits per heavy atom. The number of aryl methyl sites for hydroxylation is 3. The highest BCUT2D eigenvalue weighted by Gasteiger charge is 2.30. The third-order valence-electron chi connectivity index (χ3n) is 4.99. The molecule has 1 aromatic rings. The molecule has 0 aromatic heterocycles. The first-order valence-corrected chi connectivity index (χ1v) is 10.3. The Kier molecular flexibility index (Phi) is 5.74. The zero-order chi connectivity index (χ0) is 17.2. The van der Waals surface area contributed by atoms with Gasteiger partial charge < -0.3 is 0 Å². The zero-order valence-electron chi connectivity index (χ0n) is 15.2. The smallest absolute Gasteiger partial charge is 0.0563 e. The molecule has 1 aliphatic heterocycles. The number of benzene rings is 1. The van der Waals surface area contributed by atoms with Crippen molar-refractivity contribution in [2.24, 2.45) is 0 Å². The van der Waals surface area contributed by atoms with Crippen LogP contribution in [0.4, 0.5) is 0 Å². The second kappa shape index (κ2) is 7.23. The van der Waals surface area contributed by atoms with Crippen molar-refractivity contribution < 1.29 is 4.21 Å². The molecule has 2 atom stereocenters. The second-order valence-corrected chi connectivity index (χ2v) is 9.32. The summed E-state index contributed by atoms with van der Waals surface area (Å²) in [5, 5.41) is 0. The normalized spacial score (nSPS) is 21.8. The lowest BCUT2D eigenvalue weighted by Gasteiger charge is -2.38. The molecule has 3 heteroatoms. The third-order valence-corrected chi connectivity index (χ3v) is 7.36. The summed E-state index contributed by atoms with van der Waals surface area (Å²) in [6.07, 6.45) is 5.48. The fourth-order valence-corrected chi connectivity index (χ4v) is 5.76. The largest absolute Gasteiger partial charge is 0.248 e. The van der Waals surface area contributed by atoms with Gasteiger partial charge in [-0.25, -0.2) is 8.51 Å². The summed E-state index contributed by atoms with van der Waals surface area (Å²) in [7, 11) is -2.43. The van der Waals surface area contributed by atoms with E-state index in [2.05, 4.69) is 56.6 Å². The fourth-order valence-electron chi connectivity index (χ4n) is 3.47. The van der Waals surface area contributed by atoms with Crippen molar-refractivity contribution >= 4 is 15.6 Å². The lowest BCUT2D eigenvalue weighted by Crippen LogP contribution is -2.43. The molecule has 0 aliphatic carbocycles. The van der Waals surface area contributed by atoms with Gasteiger partial charge in [0.05, 0.1) is 9.71 Å². The molecule has 1 aromatic carbocycles. The molecule has 0 bridgehead atoms. The molecule has 1 aliphatic rings. The van der Waals surface area contributed by atoms with Crippen LogP contribution in [0.1, 0.15) is 55.7 Å². The first-order valence-electron chi connectivity index (χ1n) is 8.59. The molecule has 0 N–H and O–H groups in total. The zero-order valence-corrected chi connectivity index (χ0v) is 16.0. The van der Waals surface area contributed by atoms with E-state index in [9.17, 15) is 4.21 Å². The van der Waals surface area contributed by atoms with Crippen LogP contribution >= 0.6 is 0 Å². The van der Waals surface area contributed by atoms with E-state index < -0.39 is 9.71 Å². The Bertz CT molecular complexity index is 688. The number of allylic oxidation sites excluding steroid dienone is 1. The standard InChI is InChI=1S/C20H31NOS/c1-15(2)10-11-19-9-7-8-12-21(19)23(6,22)20-14-17(4)16(3)13-18(20)5/h13-14,19H,1,6-12H2,2-5H3. The number of piperidine rings is 1. The van der Waals surface area contributed by atoms with Gasteiger partial charge in [-0.3, -0.25) is 0 Å². The molecule has 2 nitrogen and oxygen atoms in total. The predicted molar refractivity (Wildman–Crippen MR) is 103 cm³/mol. The van der Waals surface area contributed by atoms with E-state index in [1.165, 1.54) is 23.1 Å². The van der Waals surface area contributed by atoms with E-state index in [1.807, 2.05) is 0 Å². The Hall–Kier alpha value is -1.06. The van der Waals surface area contributed by atoms with E-state index >= 15 is 0 Å². The average Bonchev–Trinajstić information content (AvgIpc) is 2.49. The molecule has 128 valence electrons. The van der Waals surface area contributed by atoms with Crippen molar-refractivity contribution in [3.05, 3.63) is 41.0 Å². The van der Waals surface area contributed by atoms with Gasteiger partial charge in [0, 0.05) is 17.5 Å². The van der Waals surface area contributed by atoms with Gasteiger partial charge in [-0.2, -0.15) is 0 Å². The van der Waals surface area contributed by atoms with Gasteiger partial charge in [0.2, 0.25) is 0 Å². The van der Waals surface area contributed by atoms with Crippen molar-refractivity contribution in [2.45, 2.75) is 70.7 Å². The van der Waals surface area contributed by atoms with Crippen LogP contribution in [0.25, 0.3) is 0 Å². The van der Waals surface area contributed by atoms with Gasteiger partial charge in [0.15, 0.2) is 0 Å². The monoisotopic (exact) mass is 333 g/mol. The second-order valence-electron chi connectivity index (χ2n) is 7.13. The summed E-state index contributed by atoms with van der Waals surface area (Å²) in [6.45, 7) is 13.2. The number of rotatable bonds is 5. The maximum absolute atomic E-state index is 13.7. The number of hydrogen-bond acceptors (Lipinski definition) is 1. The minimum atomic E-state index is -2.43. The average molecular weight is 334 g/mol. The van der Waals surface area contributed by atoms with Crippen molar-refractivity contribution in [1.82, 2.24) is 4.31 Å². The van der Waals surface area contributed by atoms with Gasteiger partial charge in [-0.1, -0.05) is 18.1 Å². The van der Waals surface area contributed by atoms with Crippen molar-refractivity contribution in [3.8, 4) is 0 Å². The highest BCUT2D eigenvalue weighted by molar-refractivity contribution is 7.98. The van der Waals surface area contributed by atoms with Gasteiger partial charge >= 0.3 is 0 Å². The van der Waals surface area contributed by atoms with Gasteiger partial charge in [0.25, 0.3) is 0 Å². The molecular weight excluding hydrogens is 302 g/mol. The number of nitrogens with zero attached hydrogens (tertiary/aromatic N) is 1. The molecule has 2 rings (SSSR count). The van der Waals surface area contributed by atoms with E-state index in [1.54, 1.807) is 0 Å². The predicted octanol–water partition coefficient (Wildman–Crippen LogP) is 4.81. The minimum absolute atomic E-state index is 0.353. The van der Waals surface area contributed by atoms with Crippen molar-refractivity contribution in [1.29, 1.82) is 0 Å². The van der Waals surface area contributed by atoms with Crippen molar-refractivity contribution in [3.63, 3.8) is 0 Å². The molecule has 0 amide bonds. The topological polar surface area (TPSA) is 20.3 Å². The highest BCUT2D eigenvalue weighted by Crippen LogP contribution is 2.31. The SMILES string of the molecule is C=C(C)CCC1CCCCN1S(=C)(=O)c1cc(C)c(C)cc1C. The Morgan fingerprint density at radius 3 is 2.52 bits per heavy atom. The Morgan fingerprint density at radius 1 is 1.22 bits per heavy atom. The summed E-state index contributed by atoms with van der Waals surface area (Å²) >= 11 is 0. The summed E-state index contributed by atoms with van der Waals surface area (Å²) in [6, 6.07) is 4.58. The maximum Gasteiger partial charge on any atom is 0.0563 e. The van der Waals surface area contributed by atoms with Gasteiger partial charge in [0.1, 0.15) is 0 Å². The molecule has 0 saturated carbocycles. The van der Waals surface area contributed by atoms with Crippen LogP contribution in [0.5, 0.6) is 0 Å². The lowest BCUT2D eigenvalue weighted by molar-refractivity contribution is 0.250. The molecule has 1 heterocycles. The van der Waals surface area contributed by atoms with Gasteiger partial charge in [-0.05, 0) is 82.0 Å². The lowest BCUT2D eigenvalue weighted by atomic mass is 9.99. The molecule has 1 saturated heterocycles. The summed E-state index contributed by atoms with van der Waals surface area (Å²) in [4.78, 5) is 0.919. The first-order chi connectivity index (χ1) is 10.7. The van der Waals surface area contributed by atoms with Gasteiger partial charge in [-0.15, -0.1) is 6.58 Å². The van der Waals surface area contributed by atoms with E-state index in [0.29, 0.717) is 6.04 Å². The highest BCUT2D eigenvalue weighted by atomic mass is 32.2. The summed E-state index contributed by atoms with van der Waals surface area (Å²) in [5.41, 5.74) is 4.74. The Balaban J connectivity index is 2.36. The van der Waals surface area contributed by atoms with Crippen LogP contribution in [0.2, 0.25) is 0 Å². The first kappa shape index (κ1) is 18.3. The van der Waals surface area contributed by atoms with E-state index in [-0.39, 0.29) is 0 Å². The number of hydrogen-bond donors (Lipinski definition) is 0. The summed E-state index contributed by atoms with van der Waals surface area (Å²) < 4.78 is 15.9. The Labute approximate surface area is 142 Å². The third kappa shape index (κ3) is 4.07. The molecule has 1 fully saturated rings.